The number of aromatic nitrogens is 3. The Bertz CT molecular complexity index is 1120. The summed E-state index contributed by atoms with van der Waals surface area (Å²) < 4.78 is 7.52. The number of hydrogen-bond acceptors (Lipinski definition) is 6. The molecule has 4 rings (SSSR count). The number of thiophene rings is 1. The molecule has 3 aromatic heterocycles. The SMILES string of the molecule is CCC(C)c1ccccc1NC(=O)CSc1nnc(-c2cccs2)n1Cc1ccco1. The molecule has 0 radical (unpaired) electrons. The van der Waals surface area contributed by atoms with Gasteiger partial charge in [0.15, 0.2) is 11.0 Å². The average molecular weight is 453 g/mol. The Morgan fingerprint density at radius 3 is 2.81 bits per heavy atom. The minimum absolute atomic E-state index is 0.0639. The Morgan fingerprint density at radius 1 is 1.19 bits per heavy atom. The zero-order valence-electron chi connectivity index (χ0n) is 17.4. The van der Waals surface area contributed by atoms with Crippen molar-refractivity contribution in [2.24, 2.45) is 0 Å². The molecule has 0 aliphatic carbocycles. The van der Waals surface area contributed by atoms with Gasteiger partial charge in [-0.1, -0.05) is 49.9 Å². The molecule has 3 heterocycles. The maximum atomic E-state index is 12.7. The monoisotopic (exact) mass is 452 g/mol. The van der Waals surface area contributed by atoms with Crippen molar-refractivity contribution in [2.75, 3.05) is 11.1 Å². The molecule has 0 bridgehead atoms. The Morgan fingerprint density at radius 2 is 2.06 bits per heavy atom. The van der Waals surface area contributed by atoms with Gasteiger partial charge in [0.1, 0.15) is 5.76 Å². The van der Waals surface area contributed by atoms with E-state index in [1.807, 2.05) is 52.4 Å². The molecule has 4 aromatic rings. The highest BCUT2D eigenvalue weighted by atomic mass is 32.2. The summed E-state index contributed by atoms with van der Waals surface area (Å²) in [7, 11) is 0. The van der Waals surface area contributed by atoms with Crippen LogP contribution in [0.2, 0.25) is 0 Å². The van der Waals surface area contributed by atoms with Crippen LogP contribution in [-0.2, 0) is 11.3 Å². The average Bonchev–Trinajstić information content (AvgIpc) is 3.55. The molecule has 31 heavy (non-hydrogen) atoms. The lowest BCUT2D eigenvalue weighted by molar-refractivity contribution is -0.113. The first-order chi connectivity index (χ1) is 15.2. The third-order valence-corrected chi connectivity index (χ3v) is 6.90. The van der Waals surface area contributed by atoms with Gasteiger partial charge in [-0.3, -0.25) is 9.36 Å². The lowest BCUT2D eigenvalue weighted by Gasteiger charge is -2.15. The number of amides is 1. The van der Waals surface area contributed by atoms with Crippen molar-refractivity contribution in [3.05, 3.63) is 71.5 Å². The summed E-state index contributed by atoms with van der Waals surface area (Å²) in [5.74, 6) is 2.15. The van der Waals surface area contributed by atoms with Crippen LogP contribution in [-0.4, -0.2) is 26.4 Å². The van der Waals surface area contributed by atoms with Crippen LogP contribution in [0.25, 0.3) is 10.7 Å². The fraction of sp³-hybridized carbons (Fsp3) is 0.261. The predicted octanol–water partition coefficient (Wildman–Crippen LogP) is 5.89. The van der Waals surface area contributed by atoms with E-state index < -0.39 is 0 Å². The molecule has 1 N–H and O–H groups in total. The lowest BCUT2D eigenvalue weighted by atomic mass is 9.97. The molecule has 160 valence electrons. The molecule has 8 heteroatoms. The first-order valence-electron chi connectivity index (χ1n) is 10.2. The van der Waals surface area contributed by atoms with Gasteiger partial charge < -0.3 is 9.73 Å². The second-order valence-electron chi connectivity index (χ2n) is 7.18. The summed E-state index contributed by atoms with van der Waals surface area (Å²) in [6.45, 7) is 4.83. The maximum Gasteiger partial charge on any atom is 0.234 e. The van der Waals surface area contributed by atoms with Crippen molar-refractivity contribution in [3.63, 3.8) is 0 Å². The molecule has 1 unspecified atom stereocenters. The Labute approximate surface area is 189 Å². The smallest absolute Gasteiger partial charge is 0.234 e. The topological polar surface area (TPSA) is 73.0 Å². The Kier molecular flexibility index (Phi) is 6.89. The van der Waals surface area contributed by atoms with Gasteiger partial charge in [-0.15, -0.1) is 21.5 Å². The number of nitrogens with zero attached hydrogens (tertiary/aromatic N) is 3. The first kappa shape index (κ1) is 21.4. The number of benzene rings is 1. The van der Waals surface area contributed by atoms with Gasteiger partial charge in [-0.05, 0) is 47.5 Å². The fourth-order valence-corrected chi connectivity index (χ4v) is 4.72. The van der Waals surface area contributed by atoms with E-state index in [0.717, 1.165) is 34.1 Å². The molecule has 0 saturated carbocycles. The molecule has 1 amide bonds. The number of para-hydroxylation sites is 1. The van der Waals surface area contributed by atoms with E-state index in [-0.39, 0.29) is 11.7 Å². The highest BCUT2D eigenvalue weighted by Crippen LogP contribution is 2.29. The van der Waals surface area contributed by atoms with Crippen molar-refractivity contribution in [1.29, 1.82) is 0 Å². The van der Waals surface area contributed by atoms with Gasteiger partial charge in [0, 0.05) is 5.69 Å². The number of rotatable bonds is 9. The highest BCUT2D eigenvalue weighted by Gasteiger charge is 2.18. The van der Waals surface area contributed by atoms with Crippen molar-refractivity contribution in [2.45, 2.75) is 37.9 Å². The highest BCUT2D eigenvalue weighted by molar-refractivity contribution is 7.99. The standard InChI is InChI=1S/C23H24N4O2S2/c1-3-16(2)18-9-4-5-10-19(18)24-21(28)15-31-23-26-25-22(20-11-7-13-30-20)27(23)14-17-8-6-12-29-17/h4-13,16H,3,14-15H2,1-2H3,(H,24,28). The molecule has 0 fully saturated rings. The summed E-state index contributed by atoms with van der Waals surface area (Å²) in [6, 6.07) is 15.8. The second kappa shape index (κ2) is 9.98. The Hall–Kier alpha value is -2.84. The van der Waals surface area contributed by atoms with Gasteiger partial charge in [-0.2, -0.15) is 0 Å². The normalized spacial score (nSPS) is 12.1. The van der Waals surface area contributed by atoms with Gasteiger partial charge in [-0.25, -0.2) is 0 Å². The van der Waals surface area contributed by atoms with E-state index in [9.17, 15) is 4.79 Å². The van der Waals surface area contributed by atoms with Crippen molar-refractivity contribution in [3.8, 4) is 10.7 Å². The molecule has 0 aliphatic rings. The van der Waals surface area contributed by atoms with E-state index >= 15 is 0 Å². The third-order valence-electron chi connectivity index (χ3n) is 5.06. The van der Waals surface area contributed by atoms with E-state index in [0.29, 0.717) is 17.6 Å². The minimum Gasteiger partial charge on any atom is -0.467 e. The summed E-state index contributed by atoms with van der Waals surface area (Å²) in [4.78, 5) is 13.7. The van der Waals surface area contributed by atoms with Crippen LogP contribution in [0.3, 0.4) is 0 Å². The number of carbonyl (C=O) groups excluding carboxylic acids is 1. The number of carbonyl (C=O) groups is 1. The molecular weight excluding hydrogens is 428 g/mol. The summed E-state index contributed by atoms with van der Waals surface area (Å²) >= 11 is 2.98. The van der Waals surface area contributed by atoms with Crippen LogP contribution in [0.1, 0.15) is 37.5 Å². The van der Waals surface area contributed by atoms with E-state index in [1.165, 1.54) is 11.8 Å². The van der Waals surface area contributed by atoms with E-state index in [4.69, 9.17) is 4.42 Å². The minimum atomic E-state index is -0.0639. The van der Waals surface area contributed by atoms with Gasteiger partial charge in [0.2, 0.25) is 5.91 Å². The van der Waals surface area contributed by atoms with Crippen LogP contribution >= 0.6 is 23.1 Å². The van der Waals surface area contributed by atoms with Crippen LogP contribution in [0.5, 0.6) is 0 Å². The molecular formula is C23H24N4O2S2. The third kappa shape index (κ3) is 5.08. The summed E-state index contributed by atoms with van der Waals surface area (Å²) in [6.07, 6.45) is 2.67. The zero-order chi connectivity index (χ0) is 21.6. The van der Waals surface area contributed by atoms with Crippen LogP contribution < -0.4 is 5.32 Å². The zero-order valence-corrected chi connectivity index (χ0v) is 19.1. The van der Waals surface area contributed by atoms with E-state index in [2.05, 4.69) is 35.4 Å². The number of furan rings is 1. The largest absolute Gasteiger partial charge is 0.467 e. The number of anilines is 1. The molecule has 1 aromatic carbocycles. The molecule has 0 saturated heterocycles. The van der Waals surface area contributed by atoms with Crippen LogP contribution in [0, 0.1) is 0 Å². The molecule has 0 aliphatic heterocycles. The van der Waals surface area contributed by atoms with Crippen LogP contribution in [0.4, 0.5) is 5.69 Å². The molecule has 6 nitrogen and oxygen atoms in total. The number of hydrogen-bond donors (Lipinski definition) is 1. The summed E-state index contributed by atoms with van der Waals surface area (Å²) in [5, 5.41) is 14.5. The van der Waals surface area contributed by atoms with Gasteiger partial charge >= 0.3 is 0 Å². The number of nitrogens with one attached hydrogen (secondary N) is 1. The van der Waals surface area contributed by atoms with Gasteiger partial charge in [0.25, 0.3) is 0 Å². The van der Waals surface area contributed by atoms with Crippen molar-refractivity contribution in [1.82, 2.24) is 14.8 Å². The lowest BCUT2D eigenvalue weighted by Crippen LogP contribution is -2.16. The fourth-order valence-electron chi connectivity index (χ4n) is 3.26. The first-order valence-corrected chi connectivity index (χ1v) is 12.0. The number of thioether (sulfide) groups is 1. The maximum absolute atomic E-state index is 12.7. The quantitative estimate of drug-likeness (QED) is 0.321. The van der Waals surface area contributed by atoms with Crippen LogP contribution in [0.15, 0.2) is 69.7 Å². The van der Waals surface area contributed by atoms with Crippen molar-refractivity contribution >= 4 is 34.7 Å². The Balaban J connectivity index is 1.49. The second-order valence-corrected chi connectivity index (χ2v) is 9.07. The predicted molar refractivity (Wildman–Crippen MR) is 126 cm³/mol. The summed E-state index contributed by atoms with van der Waals surface area (Å²) in [5.41, 5.74) is 2.03. The van der Waals surface area contributed by atoms with Gasteiger partial charge in [0.05, 0.1) is 23.4 Å². The molecule has 1 atom stereocenters. The molecule has 0 spiro atoms. The van der Waals surface area contributed by atoms with Crippen molar-refractivity contribution < 1.29 is 9.21 Å². The van der Waals surface area contributed by atoms with E-state index in [1.54, 1.807) is 17.6 Å².